The van der Waals surface area contributed by atoms with E-state index in [2.05, 4.69) is 21.2 Å². The Balaban J connectivity index is 1.78. The molecular formula is C14H12BrNO5. The molecule has 0 atom stereocenters. The van der Waals surface area contributed by atoms with E-state index in [1.807, 2.05) is 6.07 Å². The monoisotopic (exact) mass is 353 g/mol. The van der Waals surface area contributed by atoms with E-state index in [0.29, 0.717) is 11.5 Å². The lowest BCUT2D eigenvalue weighted by Gasteiger charge is -2.06. The van der Waals surface area contributed by atoms with Gasteiger partial charge in [0.1, 0.15) is 11.5 Å². The fraction of sp³-hybridized carbons (Fsp3) is 0.143. The van der Waals surface area contributed by atoms with Gasteiger partial charge in [0.25, 0.3) is 5.91 Å². The Hall–Kier alpha value is -2.28. The Morgan fingerprint density at radius 1 is 1.29 bits per heavy atom. The maximum atomic E-state index is 11.6. The average Bonchev–Trinajstić information content (AvgIpc) is 2.92. The van der Waals surface area contributed by atoms with Gasteiger partial charge in [0.15, 0.2) is 6.61 Å². The number of hydrogen-bond donors (Lipinski definition) is 2. The molecule has 6 nitrogen and oxygen atoms in total. The lowest BCUT2D eigenvalue weighted by atomic mass is 10.3. The number of furan rings is 1. The maximum absolute atomic E-state index is 11.6. The minimum absolute atomic E-state index is 0.105. The quantitative estimate of drug-likeness (QED) is 0.832. The molecule has 7 heteroatoms. The summed E-state index contributed by atoms with van der Waals surface area (Å²) in [6.45, 7) is -0.0308. The van der Waals surface area contributed by atoms with Gasteiger partial charge in [-0.25, -0.2) is 4.79 Å². The first kappa shape index (κ1) is 15.1. The number of ether oxygens (including phenoxy) is 1. The van der Waals surface area contributed by atoms with E-state index in [0.717, 1.165) is 4.47 Å². The van der Waals surface area contributed by atoms with Crippen molar-refractivity contribution in [3.05, 3.63) is 52.4 Å². The highest BCUT2D eigenvalue weighted by Gasteiger charge is 2.10. The lowest BCUT2D eigenvalue weighted by molar-refractivity contribution is -0.123. The lowest BCUT2D eigenvalue weighted by Crippen LogP contribution is -2.28. The molecule has 0 bridgehead atoms. The predicted octanol–water partition coefficient (Wildman–Crippen LogP) is 2.44. The number of rotatable bonds is 6. The largest absolute Gasteiger partial charge is 0.484 e. The number of carbonyl (C=O) groups is 2. The molecule has 0 radical (unpaired) electrons. The van der Waals surface area contributed by atoms with Crippen molar-refractivity contribution in [2.45, 2.75) is 6.54 Å². The summed E-state index contributed by atoms with van der Waals surface area (Å²) in [7, 11) is 0. The molecule has 2 N–H and O–H groups in total. The van der Waals surface area contributed by atoms with Gasteiger partial charge < -0.3 is 19.6 Å². The van der Waals surface area contributed by atoms with E-state index in [4.69, 9.17) is 14.3 Å². The number of amides is 1. The van der Waals surface area contributed by atoms with Gasteiger partial charge in [-0.2, -0.15) is 0 Å². The number of halogens is 1. The molecule has 2 aromatic rings. The summed E-state index contributed by atoms with van der Waals surface area (Å²) < 4.78 is 11.2. The van der Waals surface area contributed by atoms with Crippen LogP contribution in [0.4, 0.5) is 0 Å². The fourth-order valence-corrected chi connectivity index (χ4v) is 1.91. The molecule has 110 valence electrons. The third kappa shape index (κ3) is 4.64. The van der Waals surface area contributed by atoms with Gasteiger partial charge in [0.05, 0.1) is 6.54 Å². The molecule has 0 aliphatic rings. The van der Waals surface area contributed by atoms with Crippen LogP contribution >= 0.6 is 15.9 Å². The van der Waals surface area contributed by atoms with Crippen molar-refractivity contribution in [1.29, 1.82) is 0 Å². The molecule has 0 saturated carbocycles. The van der Waals surface area contributed by atoms with Crippen molar-refractivity contribution in [3.8, 4) is 5.75 Å². The average molecular weight is 354 g/mol. The highest BCUT2D eigenvalue weighted by atomic mass is 79.9. The number of nitrogens with one attached hydrogen (secondary N) is 1. The molecule has 0 fully saturated rings. The van der Waals surface area contributed by atoms with Crippen LogP contribution in [0.25, 0.3) is 0 Å². The first-order valence-electron chi connectivity index (χ1n) is 6.01. The first-order valence-corrected chi connectivity index (χ1v) is 6.81. The second-order valence-electron chi connectivity index (χ2n) is 4.09. The number of hydrogen-bond acceptors (Lipinski definition) is 4. The van der Waals surface area contributed by atoms with Crippen LogP contribution in [-0.4, -0.2) is 23.6 Å². The minimum Gasteiger partial charge on any atom is -0.484 e. The van der Waals surface area contributed by atoms with Gasteiger partial charge in [-0.3, -0.25) is 4.79 Å². The van der Waals surface area contributed by atoms with Gasteiger partial charge in [-0.1, -0.05) is 22.0 Å². The van der Waals surface area contributed by atoms with Gasteiger partial charge >= 0.3 is 5.97 Å². The number of benzene rings is 1. The summed E-state index contributed by atoms with van der Waals surface area (Å²) in [4.78, 5) is 22.2. The number of carboxylic acid groups (broad SMARTS) is 1. The van der Waals surface area contributed by atoms with Gasteiger partial charge in [-0.15, -0.1) is 0 Å². The Bertz CT molecular complexity index is 652. The summed E-state index contributed by atoms with van der Waals surface area (Å²) >= 11 is 3.30. The Labute approximate surface area is 128 Å². The molecule has 1 heterocycles. The van der Waals surface area contributed by atoms with E-state index in [1.165, 1.54) is 12.1 Å². The molecule has 21 heavy (non-hydrogen) atoms. The molecule has 0 aliphatic heterocycles. The molecular weight excluding hydrogens is 342 g/mol. The van der Waals surface area contributed by atoms with Crippen LogP contribution in [0.15, 0.2) is 45.3 Å². The summed E-state index contributed by atoms with van der Waals surface area (Å²) in [6, 6.07) is 9.97. The van der Waals surface area contributed by atoms with Crippen molar-refractivity contribution < 1.29 is 23.8 Å². The predicted molar refractivity (Wildman–Crippen MR) is 77.2 cm³/mol. The van der Waals surface area contributed by atoms with E-state index in [1.54, 1.807) is 18.2 Å². The highest BCUT2D eigenvalue weighted by molar-refractivity contribution is 9.10. The summed E-state index contributed by atoms with van der Waals surface area (Å²) in [5.41, 5.74) is 0. The van der Waals surface area contributed by atoms with Crippen molar-refractivity contribution in [2.24, 2.45) is 0 Å². The third-order valence-electron chi connectivity index (χ3n) is 2.50. The van der Waals surface area contributed by atoms with E-state index in [-0.39, 0.29) is 24.8 Å². The van der Waals surface area contributed by atoms with E-state index in [9.17, 15) is 9.59 Å². The zero-order chi connectivity index (χ0) is 15.2. The zero-order valence-electron chi connectivity index (χ0n) is 10.8. The van der Waals surface area contributed by atoms with Gasteiger partial charge in [-0.05, 0) is 30.3 Å². The van der Waals surface area contributed by atoms with E-state index >= 15 is 0 Å². The van der Waals surface area contributed by atoms with Crippen LogP contribution < -0.4 is 10.1 Å². The normalized spacial score (nSPS) is 10.1. The standard InChI is InChI=1S/C14H12BrNO5/c15-9-2-1-3-10(6-9)20-8-13(17)16-7-11-4-5-12(21-11)14(18)19/h1-6H,7-8H2,(H,16,17)(H,18,19). The molecule has 1 aromatic carbocycles. The maximum Gasteiger partial charge on any atom is 0.371 e. The number of aromatic carboxylic acids is 1. The molecule has 0 spiro atoms. The zero-order valence-corrected chi connectivity index (χ0v) is 12.4. The Morgan fingerprint density at radius 2 is 2.10 bits per heavy atom. The van der Waals surface area contributed by atoms with Crippen LogP contribution in [0.5, 0.6) is 5.75 Å². The summed E-state index contributed by atoms with van der Waals surface area (Å²) in [5, 5.41) is 11.3. The summed E-state index contributed by atoms with van der Waals surface area (Å²) in [6.07, 6.45) is 0. The van der Waals surface area contributed by atoms with Gasteiger partial charge in [0.2, 0.25) is 5.76 Å². The molecule has 0 unspecified atom stereocenters. The topological polar surface area (TPSA) is 88.8 Å². The van der Waals surface area contributed by atoms with E-state index < -0.39 is 5.97 Å². The fourth-order valence-electron chi connectivity index (χ4n) is 1.53. The van der Waals surface area contributed by atoms with Crippen LogP contribution in [0.1, 0.15) is 16.3 Å². The first-order chi connectivity index (χ1) is 10.0. The molecule has 1 amide bonds. The molecule has 2 rings (SSSR count). The molecule has 1 aromatic heterocycles. The van der Waals surface area contributed by atoms with Crippen molar-refractivity contribution in [2.75, 3.05) is 6.61 Å². The number of carbonyl (C=O) groups excluding carboxylic acids is 1. The van der Waals surface area contributed by atoms with Crippen LogP contribution in [0.2, 0.25) is 0 Å². The second kappa shape index (κ2) is 6.94. The van der Waals surface area contributed by atoms with Crippen LogP contribution in [-0.2, 0) is 11.3 Å². The third-order valence-corrected chi connectivity index (χ3v) is 2.99. The summed E-state index contributed by atoms with van der Waals surface area (Å²) in [5.74, 6) is -0.702. The Morgan fingerprint density at radius 3 is 2.76 bits per heavy atom. The second-order valence-corrected chi connectivity index (χ2v) is 5.01. The van der Waals surface area contributed by atoms with Crippen molar-refractivity contribution in [1.82, 2.24) is 5.32 Å². The van der Waals surface area contributed by atoms with Gasteiger partial charge in [0, 0.05) is 4.47 Å². The highest BCUT2D eigenvalue weighted by Crippen LogP contribution is 2.17. The van der Waals surface area contributed by atoms with Crippen molar-refractivity contribution in [3.63, 3.8) is 0 Å². The molecule has 0 aliphatic carbocycles. The minimum atomic E-state index is -1.15. The van der Waals surface area contributed by atoms with Crippen LogP contribution in [0, 0.1) is 0 Å². The van der Waals surface area contributed by atoms with Crippen LogP contribution in [0.3, 0.4) is 0 Å². The smallest absolute Gasteiger partial charge is 0.371 e. The SMILES string of the molecule is O=C(COc1cccc(Br)c1)NCc1ccc(C(=O)O)o1. The van der Waals surface area contributed by atoms with Crippen molar-refractivity contribution >= 4 is 27.8 Å². The molecule has 0 saturated heterocycles. The Kier molecular flexibility index (Phi) is 4.99. The number of carboxylic acids is 1.